The van der Waals surface area contributed by atoms with E-state index in [0.717, 1.165) is 44.0 Å². The maximum Gasteiger partial charge on any atom is 0.161 e. The van der Waals surface area contributed by atoms with Crippen LogP contribution in [0, 0.1) is 0 Å². The van der Waals surface area contributed by atoms with E-state index in [2.05, 4.69) is 4.90 Å². The third-order valence-electron chi connectivity index (χ3n) is 3.59. The Bertz CT molecular complexity index is 402. The molecular formula is C14H19NO3. The van der Waals surface area contributed by atoms with Crippen LogP contribution in [0.5, 0.6) is 11.5 Å². The second-order valence-electron chi connectivity index (χ2n) is 5.03. The van der Waals surface area contributed by atoms with Crippen LogP contribution in [0.25, 0.3) is 0 Å². The number of piperidine rings is 1. The molecule has 0 aromatic heterocycles. The molecule has 0 bridgehead atoms. The lowest BCUT2D eigenvalue weighted by Gasteiger charge is -2.34. The van der Waals surface area contributed by atoms with Crippen LogP contribution < -0.4 is 9.47 Å². The fourth-order valence-electron chi connectivity index (χ4n) is 2.54. The maximum atomic E-state index is 9.48. The Balaban J connectivity index is 1.56. The quantitative estimate of drug-likeness (QED) is 0.857. The van der Waals surface area contributed by atoms with Gasteiger partial charge in [-0.25, -0.2) is 0 Å². The molecule has 1 saturated heterocycles. The van der Waals surface area contributed by atoms with Gasteiger partial charge in [0.2, 0.25) is 0 Å². The number of likely N-dealkylation sites (tertiary alicyclic amines) is 1. The molecule has 3 rings (SSSR count). The van der Waals surface area contributed by atoms with Crippen molar-refractivity contribution in [2.75, 3.05) is 26.2 Å². The number of ether oxygens (including phenoxy) is 2. The number of aliphatic hydroxyl groups excluding tert-OH is 1. The summed E-state index contributed by atoms with van der Waals surface area (Å²) in [6, 6.07) is 7.79. The molecule has 1 aromatic rings. The Hall–Kier alpha value is -1.26. The number of hydrogen-bond donors (Lipinski definition) is 1. The first-order chi connectivity index (χ1) is 8.81. The summed E-state index contributed by atoms with van der Waals surface area (Å²) in [4.78, 5) is 2.34. The van der Waals surface area contributed by atoms with E-state index in [0.29, 0.717) is 6.61 Å². The minimum Gasteiger partial charge on any atom is -0.486 e. The predicted octanol–water partition coefficient (Wildman–Crippen LogP) is 1.28. The van der Waals surface area contributed by atoms with E-state index >= 15 is 0 Å². The van der Waals surface area contributed by atoms with E-state index < -0.39 is 0 Å². The van der Waals surface area contributed by atoms with Crippen molar-refractivity contribution in [3.8, 4) is 11.5 Å². The summed E-state index contributed by atoms with van der Waals surface area (Å²) in [6.45, 7) is 3.38. The summed E-state index contributed by atoms with van der Waals surface area (Å²) >= 11 is 0. The van der Waals surface area contributed by atoms with Crippen LogP contribution in [0.4, 0.5) is 0 Å². The highest BCUT2D eigenvalue weighted by Gasteiger charge is 2.25. The maximum absolute atomic E-state index is 9.48. The summed E-state index contributed by atoms with van der Waals surface area (Å²) < 4.78 is 11.6. The van der Waals surface area contributed by atoms with Crippen LogP contribution >= 0.6 is 0 Å². The fraction of sp³-hybridized carbons (Fsp3) is 0.571. The van der Waals surface area contributed by atoms with Crippen molar-refractivity contribution in [2.45, 2.75) is 25.0 Å². The lowest BCUT2D eigenvalue weighted by molar-refractivity contribution is 0.0301. The number of fused-ring (bicyclic) bond motifs is 1. The van der Waals surface area contributed by atoms with E-state index in [9.17, 15) is 5.11 Å². The predicted molar refractivity (Wildman–Crippen MR) is 68.0 cm³/mol. The second-order valence-corrected chi connectivity index (χ2v) is 5.03. The number of nitrogens with zero attached hydrogens (tertiary/aromatic N) is 1. The highest BCUT2D eigenvalue weighted by atomic mass is 16.6. The van der Waals surface area contributed by atoms with E-state index in [1.165, 1.54) is 0 Å². The first-order valence-corrected chi connectivity index (χ1v) is 6.60. The van der Waals surface area contributed by atoms with Crippen LogP contribution in [-0.4, -0.2) is 48.5 Å². The van der Waals surface area contributed by atoms with Crippen molar-refractivity contribution in [2.24, 2.45) is 0 Å². The van der Waals surface area contributed by atoms with E-state index in [-0.39, 0.29) is 12.2 Å². The first kappa shape index (κ1) is 11.8. The molecule has 1 fully saturated rings. The van der Waals surface area contributed by atoms with Gasteiger partial charge in [-0.05, 0) is 25.0 Å². The third kappa shape index (κ3) is 2.60. The van der Waals surface area contributed by atoms with Crippen LogP contribution in [-0.2, 0) is 0 Å². The van der Waals surface area contributed by atoms with Crippen LogP contribution in [0.1, 0.15) is 12.8 Å². The summed E-state index contributed by atoms with van der Waals surface area (Å²) in [5.41, 5.74) is 0. The fourth-order valence-corrected chi connectivity index (χ4v) is 2.54. The number of benzene rings is 1. The number of hydrogen-bond acceptors (Lipinski definition) is 4. The molecule has 0 saturated carbocycles. The Morgan fingerprint density at radius 1 is 1.17 bits per heavy atom. The number of aliphatic hydroxyl groups is 1. The summed E-state index contributed by atoms with van der Waals surface area (Å²) in [7, 11) is 0. The highest BCUT2D eigenvalue weighted by Crippen LogP contribution is 2.31. The highest BCUT2D eigenvalue weighted by molar-refractivity contribution is 5.40. The summed E-state index contributed by atoms with van der Waals surface area (Å²) in [6.07, 6.45) is 1.70. The van der Waals surface area contributed by atoms with E-state index in [4.69, 9.17) is 9.47 Å². The zero-order valence-electron chi connectivity index (χ0n) is 10.4. The van der Waals surface area contributed by atoms with Gasteiger partial charge < -0.3 is 14.6 Å². The van der Waals surface area contributed by atoms with Gasteiger partial charge in [-0.15, -0.1) is 0 Å². The van der Waals surface area contributed by atoms with Gasteiger partial charge >= 0.3 is 0 Å². The zero-order valence-corrected chi connectivity index (χ0v) is 10.4. The lowest BCUT2D eigenvalue weighted by Crippen LogP contribution is -2.45. The molecular weight excluding hydrogens is 230 g/mol. The molecule has 2 heterocycles. The molecule has 18 heavy (non-hydrogen) atoms. The van der Waals surface area contributed by atoms with Gasteiger partial charge in [0.15, 0.2) is 11.5 Å². The topological polar surface area (TPSA) is 41.9 Å². The SMILES string of the molecule is OC1CCN(CC2COc3ccccc3O2)CC1. The monoisotopic (exact) mass is 249 g/mol. The van der Waals surface area contributed by atoms with Crippen LogP contribution in [0.15, 0.2) is 24.3 Å². The van der Waals surface area contributed by atoms with Gasteiger partial charge in [0.05, 0.1) is 6.10 Å². The second kappa shape index (κ2) is 5.16. The molecule has 0 radical (unpaired) electrons. The first-order valence-electron chi connectivity index (χ1n) is 6.60. The molecule has 0 amide bonds. The van der Waals surface area contributed by atoms with Crippen molar-refractivity contribution >= 4 is 0 Å². The molecule has 2 aliphatic rings. The average Bonchev–Trinajstić information content (AvgIpc) is 2.41. The van der Waals surface area contributed by atoms with Crippen molar-refractivity contribution < 1.29 is 14.6 Å². The third-order valence-corrected chi connectivity index (χ3v) is 3.59. The zero-order chi connectivity index (χ0) is 12.4. The molecule has 4 nitrogen and oxygen atoms in total. The molecule has 1 unspecified atom stereocenters. The Kier molecular flexibility index (Phi) is 3.39. The molecule has 1 atom stereocenters. The van der Waals surface area contributed by atoms with Gasteiger partial charge in [-0.2, -0.15) is 0 Å². The minimum absolute atomic E-state index is 0.0927. The standard InChI is InChI=1S/C14H19NO3/c16-11-5-7-15(8-6-11)9-12-10-17-13-3-1-2-4-14(13)18-12/h1-4,11-12,16H,5-10H2. The molecule has 1 aromatic carbocycles. The summed E-state index contributed by atoms with van der Waals surface area (Å²) in [5.74, 6) is 1.67. The van der Waals surface area contributed by atoms with Crippen LogP contribution in [0.2, 0.25) is 0 Å². The molecule has 2 aliphatic heterocycles. The largest absolute Gasteiger partial charge is 0.486 e. The Morgan fingerprint density at radius 3 is 2.67 bits per heavy atom. The average molecular weight is 249 g/mol. The molecule has 1 N–H and O–H groups in total. The van der Waals surface area contributed by atoms with Gasteiger partial charge in [-0.1, -0.05) is 12.1 Å². The van der Waals surface area contributed by atoms with Gasteiger partial charge in [0.25, 0.3) is 0 Å². The molecule has 0 spiro atoms. The smallest absolute Gasteiger partial charge is 0.161 e. The van der Waals surface area contributed by atoms with Crippen molar-refractivity contribution in [3.05, 3.63) is 24.3 Å². The van der Waals surface area contributed by atoms with Crippen molar-refractivity contribution in [1.29, 1.82) is 0 Å². The number of rotatable bonds is 2. The van der Waals surface area contributed by atoms with Gasteiger partial charge in [-0.3, -0.25) is 4.90 Å². The van der Waals surface area contributed by atoms with Crippen LogP contribution in [0.3, 0.4) is 0 Å². The molecule has 0 aliphatic carbocycles. The van der Waals surface area contributed by atoms with E-state index in [1.54, 1.807) is 0 Å². The normalized spacial score (nSPS) is 25.1. The number of para-hydroxylation sites is 2. The minimum atomic E-state index is -0.120. The van der Waals surface area contributed by atoms with Crippen molar-refractivity contribution in [3.63, 3.8) is 0 Å². The molecule has 4 heteroatoms. The van der Waals surface area contributed by atoms with Gasteiger partial charge in [0.1, 0.15) is 12.7 Å². The molecule has 98 valence electrons. The Labute approximate surface area is 107 Å². The van der Waals surface area contributed by atoms with Gasteiger partial charge in [0, 0.05) is 19.6 Å². The lowest BCUT2D eigenvalue weighted by atomic mass is 10.1. The van der Waals surface area contributed by atoms with Crippen molar-refractivity contribution in [1.82, 2.24) is 4.90 Å². The summed E-state index contributed by atoms with van der Waals surface area (Å²) in [5, 5.41) is 9.48. The Morgan fingerprint density at radius 2 is 1.89 bits per heavy atom. The van der Waals surface area contributed by atoms with E-state index in [1.807, 2.05) is 24.3 Å².